The van der Waals surface area contributed by atoms with Crippen molar-refractivity contribution in [2.75, 3.05) is 0 Å². The number of nitrogens with zero attached hydrogens (tertiary/aromatic N) is 1. The zero-order valence-electron chi connectivity index (χ0n) is 8.50. The maximum absolute atomic E-state index is 6.09. The lowest BCUT2D eigenvalue weighted by Gasteiger charge is -2.34. The summed E-state index contributed by atoms with van der Waals surface area (Å²) in [7, 11) is 0. The number of nitrogens with two attached hydrogens (primary N) is 1. The standard InChI is InChI=1S/C10H15N3S/c1-10(2)3-6-5-12-9(14)13-8(6)7(11)4-10/h5,7H,3-4,11H2,1-2H3,(H,12,13,14). The van der Waals surface area contributed by atoms with Gasteiger partial charge in [0.15, 0.2) is 4.77 Å². The molecule has 1 atom stereocenters. The summed E-state index contributed by atoms with van der Waals surface area (Å²) in [5.74, 6) is 0. The topological polar surface area (TPSA) is 54.7 Å². The normalized spacial score (nSPS) is 24.4. The van der Waals surface area contributed by atoms with E-state index in [1.165, 1.54) is 5.56 Å². The molecular formula is C10H15N3S. The molecule has 0 amide bonds. The summed E-state index contributed by atoms with van der Waals surface area (Å²) >= 11 is 4.99. The lowest BCUT2D eigenvalue weighted by molar-refractivity contribution is 0.278. The van der Waals surface area contributed by atoms with Crippen LogP contribution in [-0.4, -0.2) is 9.97 Å². The number of aromatic nitrogens is 2. The molecular weight excluding hydrogens is 194 g/mol. The molecule has 1 unspecified atom stereocenters. The van der Waals surface area contributed by atoms with Gasteiger partial charge in [0, 0.05) is 17.9 Å². The molecule has 0 bridgehead atoms. The van der Waals surface area contributed by atoms with E-state index in [0.29, 0.717) is 4.77 Å². The lowest BCUT2D eigenvalue weighted by atomic mass is 9.74. The highest BCUT2D eigenvalue weighted by molar-refractivity contribution is 7.71. The van der Waals surface area contributed by atoms with Gasteiger partial charge in [-0.3, -0.25) is 0 Å². The lowest BCUT2D eigenvalue weighted by Crippen LogP contribution is -2.30. The molecule has 0 saturated carbocycles. The van der Waals surface area contributed by atoms with Crippen LogP contribution in [0, 0.1) is 10.2 Å². The molecule has 3 N–H and O–H groups in total. The van der Waals surface area contributed by atoms with Crippen LogP contribution >= 0.6 is 12.2 Å². The second-order valence-electron chi connectivity index (χ2n) is 4.78. The van der Waals surface area contributed by atoms with Crippen molar-refractivity contribution < 1.29 is 0 Å². The Morgan fingerprint density at radius 2 is 2.36 bits per heavy atom. The van der Waals surface area contributed by atoms with Gasteiger partial charge in [0.2, 0.25) is 0 Å². The third-order valence-electron chi connectivity index (χ3n) is 2.74. The first-order valence-electron chi connectivity index (χ1n) is 4.82. The molecule has 1 aliphatic rings. The molecule has 3 nitrogen and oxygen atoms in total. The molecule has 1 aromatic rings. The van der Waals surface area contributed by atoms with Crippen molar-refractivity contribution in [2.24, 2.45) is 11.1 Å². The number of hydrogen-bond donors (Lipinski definition) is 2. The van der Waals surface area contributed by atoms with Gasteiger partial charge in [0.25, 0.3) is 0 Å². The Labute approximate surface area is 88.8 Å². The van der Waals surface area contributed by atoms with Gasteiger partial charge >= 0.3 is 0 Å². The van der Waals surface area contributed by atoms with Gasteiger partial charge in [-0.2, -0.15) is 0 Å². The number of hydrogen-bond acceptors (Lipinski definition) is 3. The minimum Gasteiger partial charge on any atom is -0.333 e. The molecule has 0 spiro atoms. The van der Waals surface area contributed by atoms with Gasteiger partial charge in [-0.05, 0) is 36.0 Å². The molecule has 0 aliphatic heterocycles. The Morgan fingerprint density at radius 3 is 3.07 bits per heavy atom. The molecule has 14 heavy (non-hydrogen) atoms. The van der Waals surface area contributed by atoms with Crippen LogP contribution in [0.15, 0.2) is 6.20 Å². The molecule has 0 saturated heterocycles. The van der Waals surface area contributed by atoms with E-state index in [2.05, 4.69) is 23.8 Å². The third-order valence-corrected chi connectivity index (χ3v) is 2.94. The average molecular weight is 209 g/mol. The summed E-state index contributed by atoms with van der Waals surface area (Å²) in [5, 5.41) is 0. The smallest absolute Gasteiger partial charge is 0.197 e. The molecule has 0 fully saturated rings. The fourth-order valence-corrected chi connectivity index (χ4v) is 2.35. The Bertz CT molecular complexity index is 408. The van der Waals surface area contributed by atoms with Crippen LogP contribution in [0.3, 0.4) is 0 Å². The molecule has 2 rings (SSSR count). The first-order chi connectivity index (χ1) is 6.48. The second kappa shape index (κ2) is 3.14. The third kappa shape index (κ3) is 1.72. The SMILES string of the molecule is CC1(C)Cc2cnc(=S)[nH]c2C(N)C1. The molecule has 0 radical (unpaired) electrons. The summed E-state index contributed by atoms with van der Waals surface area (Å²) in [6.45, 7) is 4.47. The van der Waals surface area contributed by atoms with Crippen LogP contribution < -0.4 is 5.73 Å². The second-order valence-corrected chi connectivity index (χ2v) is 5.17. The minimum absolute atomic E-state index is 0.0680. The number of rotatable bonds is 0. The zero-order valence-corrected chi connectivity index (χ0v) is 9.32. The van der Waals surface area contributed by atoms with E-state index >= 15 is 0 Å². The van der Waals surface area contributed by atoms with Crippen LogP contribution in [0.1, 0.15) is 37.6 Å². The van der Waals surface area contributed by atoms with Crippen LogP contribution in [0.2, 0.25) is 0 Å². The number of fused-ring (bicyclic) bond motifs is 1. The first-order valence-corrected chi connectivity index (χ1v) is 5.22. The van der Waals surface area contributed by atoms with E-state index in [9.17, 15) is 0 Å². The Kier molecular flexibility index (Phi) is 2.20. The van der Waals surface area contributed by atoms with Crippen molar-refractivity contribution in [1.29, 1.82) is 0 Å². The first kappa shape index (κ1) is 9.80. The predicted molar refractivity (Wildman–Crippen MR) is 58.5 cm³/mol. The quantitative estimate of drug-likeness (QED) is 0.643. The predicted octanol–water partition coefficient (Wildman–Crippen LogP) is 2.11. The van der Waals surface area contributed by atoms with Gasteiger partial charge in [-0.25, -0.2) is 4.98 Å². The van der Waals surface area contributed by atoms with Crippen LogP contribution in [-0.2, 0) is 6.42 Å². The van der Waals surface area contributed by atoms with Gasteiger partial charge in [-0.1, -0.05) is 13.8 Å². The summed E-state index contributed by atoms with van der Waals surface area (Å²) in [5.41, 5.74) is 8.64. The highest BCUT2D eigenvalue weighted by Crippen LogP contribution is 2.37. The van der Waals surface area contributed by atoms with Crippen LogP contribution in [0.4, 0.5) is 0 Å². The molecule has 4 heteroatoms. The van der Waals surface area contributed by atoms with E-state index in [1.54, 1.807) is 0 Å². The minimum atomic E-state index is 0.0680. The van der Waals surface area contributed by atoms with E-state index in [-0.39, 0.29) is 11.5 Å². The van der Waals surface area contributed by atoms with E-state index in [4.69, 9.17) is 18.0 Å². The number of nitrogens with one attached hydrogen (secondary N) is 1. The van der Waals surface area contributed by atoms with Crippen LogP contribution in [0.5, 0.6) is 0 Å². The fourth-order valence-electron chi connectivity index (χ4n) is 2.19. The summed E-state index contributed by atoms with van der Waals surface area (Å²) in [6.07, 6.45) is 3.87. The van der Waals surface area contributed by atoms with E-state index in [0.717, 1.165) is 18.5 Å². The van der Waals surface area contributed by atoms with Crippen molar-refractivity contribution in [1.82, 2.24) is 9.97 Å². The molecule has 1 heterocycles. The largest absolute Gasteiger partial charge is 0.333 e. The van der Waals surface area contributed by atoms with Crippen molar-refractivity contribution in [3.05, 3.63) is 22.2 Å². The Balaban J connectivity index is 2.50. The van der Waals surface area contributed by atoms with Crippen molar-refractivity contribution in [3.8, 4) is 0 Å². The maximum atomic E-state index is 6.09. The number of H-pyrrole nitrogens is 1. The fraction of sp³-hybridized carbons (Fsp3) is 0.600. The molecule has 0 aromatic carbocycles. The van der Waals surface area contributed by atoms with Crippen LogP contribution in [0.25, 0.3) is 0 Å². The highest BCUT2D eigenvalue weighted by Gasteiger charge is 2.30. The highest BCUT2D eigenvalue weighted by atomic mass is 32.1. The average Bonchev–Trinajstić information content (AvgIpc) is 2.05. The summed E-state index contributed by atoms with van der Waals surface area (Å²) < 4.78 is 0.527. The Hall–Kier alpha value is -0.740. The van der Waals surface area contributed by atoms with Crippen molar-refractivity contribution in [2.45, 2.75) is 32.7 Å². The zero-order chi connectivity index (χ0) is 10.3. The summed E-state index contributed by atoms with van der Waals surface area (Å²) in [6, 6.07) is 0.0680. The Morgan fingerprint density at radius 1 is 1.64 bits per heavy atom. The van der Waals surface area contributed by atoms with Gasteiger partial charge in [0.05, 0.1) is 0 Å². The van der Waals surface area contributed by atoms with E-state index < -0.39 is 0 Å². The van der Waals surface area contributed by atoms with Gasteiger partial charge in [0.1, 0.15) is 0 Å². The number of aromatic amines is 1. The van der Waals surface area contributed by atoms with E-state index in [1.807, 2.05) is 6.20 Å². The van der Waals surface area contributed by atoms with Gasteiger partial charge < -0.3 is 10.7 Å². The molecule has 1 aliphatic carbocycles. The van der Waals surface area contributed by atoms with Gasteiger partial charge in [-0.15, -0.1) is 0 Å². The summed E-state index contributed by atoms with van der Waals surface area (Å²) in [4.78, 5) is 7.19. The molecule has 1 aromatic heterocycles. The molecule has 76 valence electrons. The monoisotopic (exact) mass is 209 g/mol. The van der Waals surface area contributed by atoms with Crippen molar-refractivity contribution >= 4 is 12.2 Å². The maximum Gasteiger partial charge on any atom is 0.197 e. The van der Waals surface area contributed by atoms with Crippen molar-refractivity contribution in [3.63, 3.8) is 0 Å².